The third kappa shape index (κ3) is 2.97. The van der Waals surface area contributed by atoms with E-state index in [0.717, 1.165) is 11.3 Å². The first kappa shape index (κ1) is 12.5. The number of carbonyl (C=O) groups is 1. The van der Waals surface area contributed by atoms with E-state index in [1.807, 2.05) is 31.2 Å². The molecule has 1 aromatic carbocycles. The lowest BCUT2D eigenvalue weighted by Gasteiger charge is -2.26. The van der Waals surface area contributed by atoms with Crippen LogP contribution in [0.25, 0.3) is 0 Å². The maximum atomic E-state index is 11.2. The molecule has 0 heterocycles. The molecule has 4 nitrogen and oxygen atoms in total. The second-order valence-corrected chi connectivity index (χ2v) is 4.06. The first-order valence-electron chi connectivity index (χ1n) is 5.05. The molecular formula is C12H17NO3. The SMILES string of the molecule is COCC(C)(Nc1cccc(C)c1)C(=O)O. The molecule has 0 spiro atoms. The minimum absolute atomic E-state index is 0.107. The molecule has 0 aliphatic rings. The van der Waals surface area contributed by atoms with Gasteiger partial charge in [-0.25, -0.2) is 4.79 Å². The Morgan fingerprint density at radius 2 is 2.25 bits per heavy atom. The van der Waals surface area contributed by atoms with E-state index in [4.69, 9.17) is 9.84 Å². The summed E-state index contributed by atoms with van der Waals surface area (Å²) in [4.78, 5) is 11.2. The molecule has 88 valence electrons. The number of aliphatic carboxylic acids is 1. The molecule has 0 saturated carbocycles. The highest BCUT2D eigenvalue weighted by atomic mass is 16.5. The number of nitrogens with one attached hydrogen (secondary N) is 1. The Bertz CT molecular complexity index is 378. The van der Waals surface area contributed by atoms with E-state index < -0.39 is 11.5 Å². The fraction of sp³-hybridized carbons (Fsp3) is 0.417. The van der Waals surface area contributed by atoms with Crippen LogP contribution in [0.4, 0.5) is 5.69 Å². The van der Waals surface area contributed by atoms with Crippen molar-refractivity contribution in [2.24, 2.45) is 0 Å². The lowest BCUT2D eigenvalue weighted by Crippen LogP contribution is -2.47. The molecule has 4 heteroatoms. The van der Waals surface area contributed by atoms with Crippen LogP contribution in [0.1, 0.15) is 12.5 Å². The summed E-state index contributed by atoms with van der Waals surface area (Å²) in [5.41, 5.74) is 0.750. The molecule has 0 aliphatic carbocycles. The largest absolute Gasteiger partial charge is 0.479 e. The summed E-state index contributed by atoms with van der Waals surface area (Å²) < 4.78 is 4.93. The minimum atomic E-state index is -1.11. The minimum Gasteiger partial charge on any atom is -0.479 e. The molecule has 0 radical (unpaired) electrons. The van der Waals surface area contributed by atoms with Crippen molar-refractivity contribution in [3.8, 4) is 0 Å². The normalized spacial score (nSPS) is 14.2. The van der Waals surface area contributed by atoms with Crippen LogP contribution < -0.4 is 5.32 Å². The third-order valence-corrected chi connectivity index (χ3v) is 2.34. The summed E-state index contributed by atoms with van der Waals surface area (Å²) in [6.07, 6.45) is 0. The summed E-state index contributed by atoms with van der Waals surface area (Å²) in [6, 6.07) is 7.58. The number of anilines is 1. The summed E-state index contributed by atoms with van der Waals surface area (Å²) in [5.74, 6) is -0.934. The summed E-state index contributed by atoms with van der Waals surface area (Å²) in [7, 11) is 1.49. The van der Waals surface area contributed by atoms with E-state index in [1.165, 1.54) is 7.11 Å². The highest BCUT2D eigenvalue weighted by Crippen LogP contribution is 2.17. The van der Waals surface area contributed by atoms with E-state index >= 15 is 0 Å². The van der Waals surface area contributed by atoms with Crippen molar-refractivity contribution < 1.29 is 14.6 Å². The van der Waals surface area contributed by atoms with Crippen LogP contribution in [-0.2, 0) is 9.53 Å². The second kappa shape index (κ2) is 4.99. The smallest absolute Gasteiger partial charge is 0.331 e. The van der Waals surface area contributed by atoms with E-state index in [2.05, 4.69) is 5.32 Å². The van der Waals surface area contributed by atoms with Gasteiger partial charge in [0.25, 0.3) is 0 Å². The van der Waals surface area contributed by atoms with E-state index in [1.54, 1.807) is 6.92 Å². The van der Waals surface area contributed by atoms with Gasteiger partial charge in [0, 0.05) is 12.8 Å². The van der Waals surface area contributed by atoms with E-state index in [0.29, 0.717) is 0 Å². The van der Waals surface area contributed by atoms with Gasteiger partial charge in [-0.2, -0.15) is 0 Å². The Labute approximate surface area is 95.2 Å². The monoisotopic (exact) mass is 223 g/mol. The van der Waals surface area contributed by atoms with Crippen molar-refractivity contribution in [2.75, 3.05) is 19.0 Å². The fourth-order valence-corrected chi connectivity index (χ4v) is 1.48. The zero-order chi connectivity index (χ0) is 12.2. The van der Waals surface area contributed by atoms with Gasteiger partial charge in [0.15, 0.2) is 5.54 Å². The van der Waals surface area contributed by atoms with Crippen LogP contribution in [0.3, 0.4) is 0 Å². The predicted octanol–water partition coefficient (Wildman–Crippen LogP) is 1.90. The third-order valence-electron chi connectivity index (χ3n) is 2.34. The number of carboxylic acids is 1. The number of carboxylic acid groups (broad SMARTS) is 1. The maximum absolute atomic E-state index is 11.2. The van der Waals surface area contributed by atoms with Crippen molar-refractivity contribution >= 4 is 11.7 Å². The quantitative estimate of drug-likeness (QED) is 0.800. The molecule has 1 rings (SSSR count). The van der Waals surface area contributed by atoms with Crippen molar-refractivity contribution in [2.45, 2.75) is 19.4 Å². The van der Waals surface area contributed by atoms with Crippen molar-refractivity contribution in [3.63, 3.8) is 0 Å². The standard InChI is InChI=1S/C12H17NO3/c1-9-5-4-6-10(7-9)13-12(2,8-16-3)11(14)15/h4-7,13H,8H2,1-3H3,(H,14,15). The summed E-state index contributed by atoms with van der Waals surface area (Å²) in [6.45, 7) is 3.66. The second-order valence-electron chi connectivity index (χ2n) is 4.06. The molecule has 1 unspecified atom stereocenters. The first-order chi connectivity index (χ1) is 7.48. The maximum Gasteiger partial charge on any atom is 0.331 e. The Morgan fingerprint density at radius 3 is 2.75 bits per heavy atom. The van der Waals surface area contributed by atoms with Crippen LogP contribution in [-0.4, -0.2) is 30.3 Å². The van der Waals surface area contributed by atoms with Gasteiger partial charge in [-0.15, -0.1) is 0 Å². The average Bonchev–Trinajstić information content (AvgIpc) is 2.17. The Morgan fingerprint density at radius 1 is 1.56 bits per heavy atom. The Kier molecular flexibility index (Phi) is 3.90. The number of rotatable bonds is 5. The molecule has 0 saturated heterocycles. The van der Waals surface area contributed by atoms with Crippen molar-refractivity contribution in [3.05, 3.63) is 29.8 Å². The Hall–Kier alpha value is -1.55. The average molecular weight is 223 g/mol. The van der Waals surface area contributed by atoms with Gasteiger partial charge >= 0.3 is 5.97 Å². The van der Waals surface area contributed by atoms with Crippen LogP contribution in [0.15, 0.2) is 24.3 Å². The van der Waals surface area contributed by atoms with Crippen LogP contribution in [0, 0.1) is 6.92 Å². The molecular weight excluding hydrogens is 206 g/mol. The van der Waals surface area contributed by atoms with Gasteiger partial charge < -0.3 is 15.2 Å². The van der Waals surface area contributed by atoms with Crippen LogP contribution in [0.2, 0.25) is 0 Å². The number of hydrogen-bond acceptors (Lipinski definition) is 3. The molecule has 0 bridgehead atoms. The topological polar surface area (TPSA) is 58.6 Å². The molecule has 1 atom stereocenters. The first-order valence-corrected chi connectivity index (χ1v) is 5.05. The van der Waals surface area contributed by atoms with Crippen molar-refractivity contribution in [1.82, 2.24) is 0 Å². The zero-order valence-corrected chi connectivity index (χ0v) is 9.78. The van der Waals surface area contributed by atoms with Crippen molar-refractivity contribution in [1.29, 1.82) is 0 Å². The van der Waals surface area contributed by atoms with Crippen LogP contribution in [0.5, 0.6) is 0 Å². The number of ether oxygens (including phenoxy) is 1. The van der Waals surface area contributed by atoms with Crippen LogP contribution >= 0.6 is 0 Å². The summed E-state index contributed by atoms with van der Waals surface area (Å²) >= 11 is 0. The van der Waals surface area contributed by atoms with Gasteiger partial charge in [-0.3, -0.25) is 0 Å². The number of aryl methyl sites for hydroxylation is 1. The summed E-state index contributed by atoms with van der Waals surface area (Å²) in [5, 5.41) is 12.1. The molecule has 2 N–H and O–H groups in total. The fourth-order valence-electron chi connectivity index (χ4n) is 1.48. The lowest BCUT2D eigenvalue weighted by atomic mass is 10.0. The van der Waals surface area contributed by atoms with Gasteiger partial charge in [0.05, 0.1) is 6.61 Å². The number of benzene rings is 1. The predicted molar refractivity (Wildman–Crippen MR) is 62.7 cm³/mol. The molecule has 0 aliphatic heterocycles. The molecule has 16 heavy (non-hydrogen) atoms. The molecule has 0 fully saturated rings. The van der Waals surface area contributed by atoms with Gasteiger partial charge in [-0.1, -0.05) is 12.1 Å². The lowest BCUT2D eigenvalue weighted by molar-refractivity contribution is -0.143. The Balaban J connectivity index is 2.87. The molecule has 0 aromatic heterocycles. The van der Waals surface area contributed by atoms with Gasteiger partial charge in [-0.05, 0) is 31.5 Å². The highest BCUT2D eigenvalue weighted by Gasteiger charge is 2.33. The highest BCUT2D eigenvalue weighted by molar-refractivity contribution is 5.82. The van der Waals surface area contributed by atoms with E-state index in [9.17, 15) is 4.79 Å². The zero-order valence-electron chi connectivity index (χ0n) is 9.78. The molecule has 1 aromatic rings. The van der Waals surface area contributed by atoms with Gasteiger partial charge in [0.1, 0.15) is 0 Å². The molecule has 0 amide bonds. The van der Waals surface area contributed by atoms with Gasteiger partial charge in [0.2, 0.25) is 0 Å². The van der Waals surface area contributed by atoms with E-state index in [-0.39, 0.29) is 6.61 Å². The number of methoxy groups -OCH3 is 1. The number of hydrogen-bond donors (Lipinski definition) is 2.